The molecule has 68 heavy (non-hydrogen) atoms. The second-order valence-corrected chi connectivity index (χ2v) is 19.4. The van der Waals surface area contributed by atoms with Gasteiger partial charge in [-0.15, -0.1) is 36.8 Å². The molecule has 0 radical (unpaired) electrons. The number of unbranched alkanes of at least 4 members (excludes halogenated alkanes) is 1. The summed E-state index contributed by atoms with van der Waals surface area (Å²) in [5.41, 5.74) is 7.07. The van der Waals surface area contributed by atoms with Gasteiger partial charge in [0.2, 0.25) is 0 Å². The number of aliphatic hydroxyl groups is 1. The minimum Gasteiger partial charge on any atom is -0.396 e. The van der Waals surface area contributed by atoms with Gasteiger partial charge in [0.15, 0.2) is 0 Å². The van der Waals surface area contributed by atoms with Crippen LogP contribution in [0, 0.1) is 0 Å². The summed E-state index contributed by atoms with van der Waals surface area (Å²) in [6.45, 7) is 21.2. The first-order valence-electron chi connectivity index (χ1n) is 23.8. The Morgan fingerprint density at radius 1 is 0.544 bits per heavy atom. The highest BCUT2D eigenvalue weighted by molar-refractivity contribution is 7.13. The van der Waals surface area contributed by atoms with Crippen molar-refractivity contribution in [2.45, 2.75) is 150 Å². The Hall–Kier alpha value is -5.91. The molecule has 1 aliphatic carbocycles. The van der Waals surface area contributed by atoms with Crippen molar-refractivity contribution in [2.75, 3.05) is 6.61 Å². The smallest absolute Gasteiger partial charge is 0.122 e. The molecule has 1 N–H and O–H groups in total. The van der Waals surface area contributed by atoms with Gasteiger partial charge in [0, 0.05) is 71.3 Å². The maximum Gasteiger partial charge on any atom is 0.122 e. The summed E-state index contributed by atoms with van der Waals surface area (Å²) < 4.78 is 9.37. The summed E-state index contributed by atoms with van der Waals surface area (Å²) >= 11 is 7.59. The Bertz CT molecular complexity index is 2580. The maximum absolute atomic E-state index is 8.60. The molecule has 6 heterocycles. The van der Waals surface area contributed by atoms with Crippen LogP contribution in [0.4, 0.5) is 0 Å². The van der Waals surface area contributed by atoms with E-state index in [1.165, 1.54) is 36.3 Å². The van der Waals surface area contributed by atoms with E-state index in [0.29, 0.717) is 41.1 Å². The molecule has 9 rings (SSSR count). The number of aromatic nitrogens is 15. The van der Waals surface area contributed by atoms with Crippen LogP contribution in [-0.4, -0.2) is 86.7 Å². The van der Waals surface area contributed by atoms with Gasteiger partial charge in [-0.3, -0.25) is 0 Å². The molecule has 18 heteroatoms. The molecule has 16 nitrogen and oxygen atoms in total. The molecule has 1 fully saturated rings. The summed E-state index contributed by atoms with van der Waals surface area (Å²) in [6, 6.07) is 23.6. The molecular formula is C50H70ClN15OS. The van der Waals surface area contributed by atoms with Crippen LogP contribution < -0.4 is 0 Å². The minimum absolute atomic E-state index is 0.262. The fourth-order valence-corrected chi connectivity index (χ4v) is 7.56. The van der Waals surface area contributed by atoms with Crippen molar-refractivity contribution in [1.29, 1.82) is 0 Å². The van der Waals surface area contributed by atoms with E-state index in [1.54, 1.807) is 11.3 Å². The van der Waals surface area contributed by atoms with Gasteiger partial charge < -0.3 is 5.11 Å². The molecular weight excluding hydrogens is 894 g/mol. The summed E-state index contributed by atoms with van der Waals surface area (Å²) in [7, 11) is 0. The fourth-order valence-electron chi connectivity index (χ4n) is 6.70. The SMILES string of the molecule is CC(C)n1cc(-c2cccc(Cl)c2)nn1.CC(C)n1cc(-c2ccccc2)nn1.CC(C)n1cc(-c2cccs2)nn1.CC(C)n1cc(C2CCCC2)nn1.CC(C)n1cc(CCCCO)nn1. The monoisotopic (exact) mass is 964 g/mol. The Labute approximate surface area is 410 Å². The lowest BCUT2D eigenvalue weighted by Crippen LogP contribution is -2.00. The maximum atomic E-state index is 8.60. The zero-order valence-electron chi connectivity index (χ0n) is 41.4. The molecule has 0 bridgehead atoms. The highest BCUT2D eigenvalue weighted by Crippen LogP contribution is 2.33. The van der Waals surface area contributed by atoms with Crippen molar-refractivity contribution in [3.8, 4) is 33.1 Å². The van der Waals surface area contributed by atoms with Gasteiger partial charge >= 0.3 is 0 Å². The van der Waals surface area contributed by atoms with E-state index in [2.05, 4.69) is 133 Å². The third kappa shape index (κ3) is 16.7. The van der Waals surface area contributed by atoms with Crippen LogP contribution in [-0.2, 0) is 6.42 Å². The van der Waals surface area contributed by atoms with E-state index >= 15 is 0 Å². The van der Waals surface area contributed by atoms with Crippen molar-refractivity contribution in [3.63, 3.8) is 0 Å². The average molecular weight is 965 g/mol. The second kappa shape index (κ2) is 27.2. The van der Waals surface area contributed by atoms with E-state index in [-0.39, 0.29) is 6.61 Å². The molecule has 2 aromatic carbocycles. The summed E-state index contributed by atoms with van der Waals surface area (Å²) in [5, 5.41) is 52.2. The first-order chi connectivity index (χ1) is 32.7. The third-order valence-electron chi connectivity index (χ3n) is 10.8. The summed E-state index contributed by atoms with van der Waals surface area (Å²) in [4.78, 5) is 1.17. The minimum atomic E-state index is 0.262. The number of thiophene rings is 1. The Balaban J connectivity index is 0.000000159. The quantitative estimate of drug-likeness (QED) is 0.109. The molecule has 1 saturated carbocycles. The Kier molecular flexibility index (Phi) is 21.2. The van der Waals surface area contributed by atoms with Crippen molar-refractivity contribution in [2.24, 2.45) is 0 Å². The number of halogens is 1. The molecule has 1 aliphatic rings. The lowest BCUT2D eigenvalue weighted by Gasteiger charge is -2.03. The van der Waals surface area contributed by atoms with Crippen LogP contribution in [0.1, 0.15) is 155 Å². The number of rotatable bonds is 13. The molecule has 0 atom stereocenters. The summed E-state index contributed by atoms with van der Waals surface area (Å²) in [5.74, 6) is 0.687. The van der Waals surface area contributed by atoms with Crippen LogP contribution in [0.15, 0.2) is 103 Å². The predicted molar refractivity (Wildman–Crippen MR) is 272 cm³/mol. The van der Waals surface area contributed by atoms with Crippen LogP contribution in [0.2, 0.25) is 5.02 Å². The van der Waals surface area contributed by atoms with E-state index in [0.717, 1.165) is 53.2 Å². The van der Waals surface area contributed by atoms with Gasteiger partial charge in [-0.1, -0.05) is 99.0 Å². The van der Waals surface area contributed by atoms with Crippen LogP contribution in [0.3, 0.4) is 0 Å². The van der Waals surface area contributed by atoms with Crippen LogP contribution in [0.25, 0.3) is 33.1 Å². The Morgan fingerprint density at radius 2 is 1.04 bits per heavy atom. The number of hydrogen-bond acceptors (Lipinski definition) is 12. The second-order valence-electron chi connectivity index (χ2n) is 18.0. The highest BCUT2D eigenvalue weighted by Gasteiger charge is 2.20. The van der Waals surface area contributed by atoms with Gasteiger partial charge in [-0.25, -0.2) is 23.4 Å². The van der Waals surface area contributed by atoms with E-state index in [1.807, 2.05) is 114 Å². The molecule has 364 valence electrons. The fraction of sp³-hybridized carbons (Fsp3) is 0.480. The first-order valence-corrected chi connectivity index (χ1v) is 25.0. The number of aryl methyl sites for hydroxylation is 1. The van der Waals surface area contributed by atoms with Crippen LogP contribution in [0.5, 0.6) is 0 Å². The lowest BCUT2D eigenvalue weighted by molar-refractivity contribution is 0.284. The highest BCUT2D eigenvalue weighted by atomic mass is 35.5. The van der Waals surface area contributed by atoms with Crippen molar-refractivity contribution in [3.05, 3.63) is 120 Å². The average Bonchev–Trinajstić information content (AvgIpc) is 4.19. The number of aliphatic hydroxyl groups excluding tert-OH is 1. The standard InChI is InChI=1S/C11H12ClN3.C11H13N3.C10H17N3.C9H17N3O.C9H11N3S/c1-8(2)15-7-11(13-14-15)9-4-3-5-10(12)6-9;1-9(2)14-8-11(12-13-14)10-6-4-3-5-7-10;1-8(2)13-7-10(11-12-13)9-5-3-4-6-9;1-8(2)12-7-9(10-11-12)5-3-4-6-13;1-7(2)12-6-8(10-11-12)9-4-3-5-13-9/h3-8H,1-2H3;3-9H,1-2H3;7-9H,3-6H2,1-2H3;7-8,13H,3-6H2,1-2H3;3-7H,1-2H3. The Morgan fingerprint density at radius 3 is 1.54 bits per heavy atom. The number of benzene rings is 2. The number of nitrogens with zero attached hydrogens (tertiary/aromatic N) is 15. The summed E-state index contributed by atoms with van der Waals surface area (Å²) in [6.07, 6.45) is 18.0. The van der Waals surface area contributed by atoms with Crippen LogP contribution >= 0.6 is 22.9 Å². The zero-order chi connectivity index (χ0) is 49.0. The topological polar surface area (TPSA) is 174 Å². The lowest BCUT2D eigenvalue weighted by atomic mass is 10.1. The van der Waals surface area contributed by atoms with E-state index < -0.39 is 0 Å². The van der Waals surface area contributed by atoms with Crippen molar-refractivity contribution < 1.29 is 5.11 Å². The van der Waals surface area contributed by atoms with Crippen molar-refractivity contribution >= 4 is 22.9 Å². The molecule has 0 saturated heterocycles. The van der Waals surface area contributed by atoms with E-state index in [4.69, 9.17) is 16.7 Å². The van der Waals surface area contributed by atoms with Gasteiger partial charge in [0.05, 0.1) is 34.9 Å². The molecule has 0 spiro atoms. The molecule has 8 aromatic rings. The van der Waals surface area contributed by atoms with Crippen molar-refractivity contribution in [1.82, 2.24) is 75.0 Å². The largest absolute Gasteiger partial charge is 0.396 e. The molecule has 0 unspecified atom stereocenters. The van der Waals surface area contributed by atoms with Gasteiger partial charge in [0.25, 0.3) is 0 Å². The van der Waals surface area contributed by atoms with Gasteiger partial charge in [-0.2, -0.15) is 0 Å². The molecule has 6 aromatic heterocycles. The normalized spacial score (nSPS) is 12.4. The molecule has 0 amide bonds. The first kappa shape index (κ1) is 53.1. The molecule has 0 aliphatic heterocycles. The zero-order valence-corrected chi connectivity index (χ0v) is 42.9. The third-order valence-corrected chi connectivity index (χ3v) is 12.0. The predicted octanol–water partition coefficient (Wildman–Crippen LogP) is 12.0. The van der Waals surface area contributed by atoms with Gasteiger partial charge in [-0.05, 0) is 125 Å². The number of hydrogen-bond donors (Lipinski definition) is 1. The van der Waals surface area contributed by atoms with E-state index in [9.17, 15) is 0 Å². The van der Waals surface area contributed by atoms with Gasteiger partial charge in [0.1, 0.15) is 17.1 Å².